The van der Waals surface area contributed by atoms with E-state index in [-0.39, 0.29) is 0 Å². The third-order valence-corrected chi connectivity index (χ3v) is 14.2. The number of hydrogen-bond donors (Lipinski definition) is 0. The van der Waals surface area contributed by atoms with Crippen molar-refractivity contribution in [2.24, 2.45) is 0 Å². The van der Waals surface area contributed by atoms with Crippen molar-refractivity contribution in [1.82, 2.24) is 4.98 Å². The average Bonchev–Trinajstić information content (AvgIpc) is 3.96. The Morgan fingerprint density at radius 3 is 1.57 bits per heavy atom. The normalized spacial score (nSPS) is 14.5. The van der Waals surface area contributed by atoms with E-state index in [1.54, 1.807) is 0 Å². The first-order valence-corrected chi connectivity index (χ1v) is 21.2. The highest BCUT2D eigenvalue weighted by Gasteiger charge is 2.59. The zero-order valence-corrected chi connectivity index (χ0v) is 33.1. The van der Waals surface area contributed by atoms with Gasteiger partial charge >= 0.3 is 0 Å². The highest BCUT2D eigenvalue weighted by Crippen LogP contribution is 2.68. The monoisotopic (exact) mass is 773 g/mol. The molecule has 11 aromatic rings. The fraction of sp³-hybridized carbons (Fsp3) is 0.0339. The summed E-state index contributed by atoms with van der Waals surface area (Å²) in [5.74, 6) is 0. The molecule has 2 nitrogen and oxygen atoms in total. The summed E-state index contributed by atoms with van der Waals surface area (Å²) in [5, 5.41) is 3.41. The number of para-hydroxylation sites is 2. The zero-order chi connectivity index (χ0) is 39.9. The lowest BCUT2D eigenvalue weighted by Gasteiger charge is -2.48. The van der Waals surface area contributed by atoms with Crippen LogP contribution in [0.25, 0.3) is 77.5 Å². The van der Waals surface area contributed by atoms with Crippen molar-refractivity contribution in [2.75, 3.05) is 0 Å². The number of fused-ring (bicyclic) bond motifs is 21. The van der Waals surface area contributed by atoms with Crippen molar-refractivity contribution in [2.45, 2.75) is 10.8 Å². The largest absolute Gasteiger partial charge is 0.456 e. The molecular formula is C59H35NO. The SMILES string of the molecule is c1ccc(-c2cc(-c3ccc4c(c3)C3(c5ccccc5C5(c6ccccc6-c6ccccc65)c5ccccc53)c3c-4ccc4c3oc3ccccc34)c3ccccc3n2)cc1. The molecule has 0 radical (unpaired) electrons. The van der Waals surface area contributed by atoms with Crippen molar-refractivity contribution >= 4 is 32.8 Å². The second-order valence-corrected chi connectivity index (χ2v) is 16.8. The third-order valence-electron chi connectivity index (χ3n) is 14.2. The maximum atomic E-state index is 7.14. The minimum atomic E-state index is -0.718. The summed E-state index contributed by atoms with van der Waals surface area (Å²) in [5.41, 5.74) is 21.4. The molecule has 2 aromatic heterocycles. The van der Waals surface area contributed by atoms with Crippen LogP contribution in [0.4, 0.5) is 0 Å². The first-order chi connectivity index (χ1) is 30.3. The Bertz CT molecular complexity index is 3570. The summed E-state index contributed by atoms with van der Waals surface area (Å²) in [7, 11) is 0. The Morgan fingerprint density at radius 1 is 0.328 bits per heavy atom. The van der Waals surface area contributed by atoms with Gasteiger partial charge in [0.2, 0.25) is 0 Å². The molecule has 3 aliphatic carbocycles. The molecule has 0 aliphatic heterocycles. The van der Waals surface area contributed by atoms with E-state index < -0.39 is 10.8 Å². The van der Waals surface area contributed by atoms with Gasteiger partial charge in [-0.1, -0.05) is 182 Å². The van der Waals surface area contributed by atoms with Crippen LogP contribution in [-0.2, 0) is 10.8 Å². The van der Waals surface area contributed by atoms with Crippen LogP contribution in [0, 0.1) is 0 Å². The van der Waals surface area contributed by atoms with E-state index in [9.17, 15) is 0 Å². The fourth-order valence-electron chi connectivity index (χ4n) is 11.9. The van der Waals surface area contributed by atoms with Crippen LogP contribution in [-0.4, -0.2) is 4.98 Å². The van der Waals surface area contributed by atoms with E-state index in [1.807, 2.05) is 0 Å². The molecule has 0 unspecified atom stereocenters. The molecule has 3 aliphatic rings. The van der Waals surface area contributed by atoms with Gasteiger partial charge in [-0.3, -0.25) is 0 Å². The van der Waals surface area contributed by atoms with Gasteiger partial charge in [0.1, 0.15) is 11.2 Å². The van der Waals surface area contributed by atoms with E-state index >= 15 is 0 Å². The van der Waals surface area contributed by atoms with Crippen molar-refractivity contribution in [3.63, 3.8) is 0 Å². The van der Waals surface area contributed by atoms with Gasteiger partial charge in [0.15, 0.2) is 0 Å². The first kappa shape index (κ1) is 33.1. The minimum Gasteiger partial charge on any atom is -0.456 e. The number of pyridine rings is 1. The molecule has 2 heteroatoms. The molecule has 0 amide bonds. The van der Waals surface area contributed by atoms with Gasteiger partial charge in [-0.05, 0) is 103 Å². The highest BCUT2D eigenvalue weighted by atomic mass is 16.3. The number of rotatable bonds is 2. The van der Waals surface area contributed by atoms with Gasteiger partial charge < -0.3 is 4.42 Å². The van der Waals surface area contributed by atoms with Crippen molar-refractivity contribution in [3.05, 3.63) is 257 Å². The summed E-state index contributed by atoms with van der Waals surface area (Å²) in [6.45, 7) is 0. The van der Waals surface area contributed by atoms with Gasteiger partial charge in [0.25, 0.3) is 0 Å². The van der Waals surface area contributed by atoms with Crippen molar-refractivity contribution in [3.8, 4) is 44.6 Å². The Morgan fingerprint density at radius 2 is 0.869 bits per heavy atom. The van der Waals surface area contributed by atoms with Crippen LogP contribution in [0.3, 0.4) is 0 Å². The summed E-state index contributed by atoms with van der Waals surface area (Å²) >= 11 is 0. The number of benzene rings is 9. The summed E-state index contributed by atoms with van der Waals surface area (Å²) in [6.07, 6.45) is 0. The van der Waals surface area contributed by atoms with Crippen LogP contribution in [0.5, 0.6) is 0 Å². The molecule has 282 valence electrons. The van der Waals surface area contributed by atoms with Crippen molar-refractivity contribution < 1.29 is 4.42 Å². The Hall–Kier alpha value is -7.81. The maximum absolute atomic E-state index is 7.14. The predicted octanol–water partition coefficient (Wildman–Crippen LogP) is 14.5. The molecule has 0 N–H and O–H groups in total. The Labute approximate surface area is 353 Å². The molecule has 0 atom stereocenters. The Kier molecular flexibility index (Phi) is 6.45. The number of nitrogens with zero attached hydrogens (tertiary/aromatic N) is 1. The molecule has 2 spiro atoms. The molecule has 14 rings (SSSR count). The van der Waals surface area contributed by atoms with Gasteiger partial charge in [-0.25, -0.2) is 4.98 Å². The molecule has 0 saturated carbocycles. The van der Waals surface area contributed by atoms with Gasteiger partial charge in [0.05, 0.1) is 22.0 Å². The number of furan rings is 1. The van der Waals surface area contributed by atoms with E-state index in [0.29, 0.717) is 0 Å². The van der Waals surface area contributed by atoms with E-state index in [4.69, 9.17) is 9.40 Å². The smallest absolute Gasteiger partial charge is 0.140 e. The van der Waals surface area contributed by atoms with Crippen LogP contribution >= 0.6 is 0 Å². The van der Waals surface area contributed by atoms with E-state index in [1.165, 1.54) is 72.3 Å². The van der Waals surface area contributed by atoms with Crippen LogP contribution in [0.15, 0.2) is 217 Å². The van der Waals surface area contributed by atoms with Gasteiger partial charge in [-0.2, -0.15) is 0 Å². The molecule has 0 bridgehead atoms. The molecule has 61 heavy (non-hydrogen) atoms. The van der Waals surface area contributed by atoms with Crippen LogP contribution < -0.4 is 0 Å². The second kappa shape index (κ2) is 11.9. The van der Waals surface area contributed by atoms with E-state index in [0.717, 1.165) is 49.7 Å². The predicted molar refractivity (Wildman–Crippen MR) is 248 cm³/mol. The fourth-order valence-corrected chi connectivity index (χ4v) is 11.9. The van der Waals surface area contributed by atoms with E-state index in [2.05, 4.69) is 212 Å². The molecule has 9 aromatic carbocycles. The third kappa shape index (κ3) is 4.05. The van der Waals surface area contributed by atoms with Crippen LogP contribution in [0.1, 0.15) is 44.5 Å². The second-order valence-electron chi connectivity index (χ2n) is 16.8. The summed E-state index contributed by atoms with van der Waals surface area (Å²) in [4.78, 5) is 5.20. The maximum Gasteiger partial charge on any atom is 0.140 e. The van der Waals surface area contributed by atoms with Crippen LogP contribution in [0.2, 0.25) is 0 Å². The van der Waals surface area contributed by atoms with Crippen molar-refractivity contribution in [1.29, 1.82) is 0 Å². The summed E-state index contributed by atoms with van der Waals surface area (Å²) in [6, 6.07) is 78.6. The quantitative estimate of drug-likeness (QED) is 0.175. The number of hydrogen-bond acceptors (Lipinski definition) is 2. The molecule has 0 fully saturated rings. The molecular weight excluding hydrogens is 739 g/mol. The first-order valence-electron chi connectivity index (χ1n) is 21.2. The van der Waals surface area contributed by atoms with Gasteiger partial charge in [-0.15, -0.1) is 0 Å². The molecule has 2 heterocycles. The highest BCUT2D eigenvalue weighted by molar-refractivity contribution is 6.11. The topological polar surface area (TPSA) is 26.0 Å². The lowest BCUT2D eigenvalue weighted by molar-refractivity contribution is 0.615. The minimum absolute atomic E-state index is 0.528. The Balaban J connectivity index is 1.15. The average molecular weight is 774 g/mol. The van der Waals surface area contributed by atoms with Gasteiger partial charge in [0, 0.05) is 27.3 Å². The number of aromatic nitrogens is 1. The zero-order valence-electron chi connectivity index (χ0n) is 33.1. The lowest BCUT2D eigenvalue weighted by atomic mass is 9.52. The lowest BCUT2D eigenvalue weighted by Crippen LogP contribution is -2.43. The standard InChI is InChI=1S/C59H35NO/c1-2-16-36(17-3-1)54-35-45(41-20-6-14-28-53(41)60-54)37-30-31-40-43-32-33-44-42-21-7-15-29-55(42)61-57(44)56(43)59(52(40)34-37)50-26-12-10-24-48(50)58(49-25-11-13-27-51(49)59)46-22-8-4-18-38(46)39-19-5-9-23-47(39)58/h1-35H. The molecule has 0 saturated heterocycles. The summed E-state index contributed by atoms with van der Waals surface area (Å²) < 4.78 is 7.14.